The third-order valence-corrected chi connectivity index (χ3v) is 7.43. The van der Waals surface area contributed by atoms with E-state index in [1.807, 2.05) is 13.8 Å². The predicted molar refractivity (Wildman–Crippen MR) is 147 cm³/mol. The molecule has 1 aromatic heterocycles. The first-order valence-corrected chi connectivity index (χ1v) is 13.5. The zero-order valence-electron chi connectivity index (χ0n) is 24.2. The minimum atomic E-state index is -4.66. The molecule has 1 aliphatic heterocycles. The number of piperidine rings is 1. The largest absolute Gasteiger partial charge is 0.444 e. The van der Waals surface area contributed by atoms with Crippen molar-refractivity contribution in [1.29, 1.82) is 0 Å². The van der Waals surface area contributed by atoms with Crippen molar-refractivity contribution in [2.75, 3.05) is 20.1 Å². The number of likely N-dealkylation sites (tertiary alicyclic amines) is 1. The molecule has 0 spiro atoms. The molecule has 1 fully saturated rings. The van der Waals surface area contributed by atoms with E-state index >= 15 is 0 Å². The van der Waals surface area contributed by atoms with Crippen LogP contribution in [0.4, 0.5) is 18.0 Å². The molecule has 0 aliphatic carbocycles. The van der Waals surface area contributed by atoms with Crippen molar-refractivity contribution in [2.24, 2.45) is 5.41 Å². The lowest BCUT2D eigenvalue weighted by Crippen LogP contribution is -2.57. The van der Waals surface area contributed by atoms with Gasteiger partial charge in [0.25, 0.3) is 5.91 Å². The van der Waals surface area contributed by atoms with E-state index in [0.717, 1.165) is 4.57 Å². The van der Waals surface area contributed by atoms with Crippen LogP contribution in [0.15, 0.2) is 24.3 Å². The van der Waals surface area contributed by atoms with Crippen LogP contribution in [0.5, 0.6) is 0 Å². The number of ether oxygens (including phenoxy) is 1. The summed E-state index contributed by atoms with van der Waals surface area (Å²) in [6, 6.07) is 5.51. The van der Waals surface area contributed by atoms with Gasteiger partial charge in [-0.05, 0) is 71.2 Å². The molecule has 1 aromatic carbocycles. The number of aromatic nitrogens is 1. The number of carbonyl (C=O) groups excluding carboxylic acids is 2. The zero-order valence-corrected chi connectivity index (χ0v) is 24.9. The highest BCUT2D eigenvalue weighted by atomic mass is 35.5. The van der Waals surface area contributed by atoms with Crippen LogP contribution in [-0.2, 0) is 10.9 Å². The first kappa shape index (κ1) is 30.9. The third-order valence-electron chi connectivity index (χ3n) is 7.18. The van der Waals surface area contributed by atoms with Gasteiger partial charge in [-0.15, -0.1) is 0 Å². The molecule has 0 radical (unpaired) electrons. The van der Waals surface area contributed by atoms with Gasteiger partial charge in [-0.25, -0.2) is 4.79 Å². The lowest BCUT2D eigenvalue weighted by molar-refractivity contribution is -0.144. The molecule has 1 saturated heterocycles. The van der Waals surface area contributed by atoms with Crippen molar-refractivity contribution in [3.8, 4) is 11.1 Å². The first-order valence-electron chi connectivity index (χ1n) is 13.1. The number of hydrogen-bond donors (Lipinski definition) is 0. The Morgan fingerprint density at radius 3 is 2.15 bits per heavy atom. The normalized spacial score (nSPS) is 17.9. The van der Waals surface area contributed by atoms with Crippen molar-refractivity contribution in [3.05, 3.63) is 46.2 Å². The Morgan fingerprint density at radius 2 is 1.69 bits per heavy atom. The number of benzene rings is 1. The molecule has 10 heteroatoms. The van der Waals surface area contributed by atoms with E-state index in [1.54, 1.807) is 75.7 Å². The van der Waals surface area contributed by atoms with E-state index in [4.69, 9.17) is 16.3 Å². The number of nitrogens with zero attached hydrogens (tertiary/aromatic N) is 3. The molecule has 0 saturated carbocycles. The summed E-state index contributed by atoms with van der Waals surface area (Å²) in [7, 11) is 1.63. The van der Waals surface area contributed by atoms with Gasteiger partial charge >= 0.3 is 12.3 Å². The zero-order chi connectivity index (χ0) is 29.7. The van der Waals surface area contributed by atoms with Gasteiger partial charge in [0, 0.05) is 48.2 Å². The molecule has 2 aromatic rings. The van der Waals surface area contributed by atoms with Gasteiger partial charge in [0.1, 0.15) is 17.0 Å². The number of halogens is 4. The molecule has 2 amide bonds. The van der Waals surface area contributed by atoms with Gasteiger partial charge in [0.2, 0.25) is 0 Å². The van der Waals surface area contributed by atoms with Crippen molar-refractivity contribution < 1.29 is 27.5 Å². The lowest BCUT2D eigenvalue weighted by atomic mass is 9.78. The van der Waals surface area contributed by atoms with Crippen molar-refractivity contribution >= 4 is 23.6 Å². The maximum absolute atomic E-state index is 14.4. The topological polar surface area (TPSA) is 54.8 Å². The molecule has 0 bridgehead atoms. The van der Waals surface area contributed by atoms with E-state index < -0.39 is 40.9 Å². The fraction of sp³-hybridized carbons (Fsp3) is 0.586. The Balaban J connectivity index is 2.08. The molecule has 6 nitrogen and oxygen atoms in total. The summed E-state index contributed by atoms with van der Waals surface area (Å²) < 4.78 is 49.9. The van der Waals surface area contributed by atoms with Crippen LogP contribution in [-0.4, -0.2) is 58.1 Å². The second-order valence-electron chi connectivity index (χ2n) is 12.3. The van der Waals surface area contributed by atoms with Crippen LogP contribution in [0.25, 0.3) is 11.1 Å². The summed E-state index contributed by atoms with van der Waals surface area (Å²) in [6.45, 7) is 14.7. The number of alkyl halides is 3. The van der Waals surface area contributed by atoms with E-state index in [9.17, 15) is 22.8 Å². The summed E-state index contributed by atoms with van der Waals surface area (Å²) in [5.74, 6) is -0.504. The minimum absolute atomic E-state index is 0.00530. The van der Waals surface area contributed by atoms with Gasteiger partial charge in [0.15, 0.2) is 0 Å². The monoisotopic (exact) mass is 569 g/mol. The van der Waals surface area contributed by atoms with Crippen LogP contribution < -0.4 is 0 Å². The number of carbonyl (C=O) groups is 2. The van der Waals surface area contributed by atoms with Crippen LogP contribution in [0, 0.1) is 12.3 Å². The molecule has 1 atom stereocenters. The number of rotatable bonds is 4. The quantitative estimate of drug-likeness (QED) is 0.377. The Kier molecular flexibility index (Phi) is 8.47. The molecule has 1 aliphatic rings. The summed E-state index contributed by atoms with van der Waals surface area (Å²) in [5.41, 5.74) is -1.31. The highest BCUT2D eigenvalue weighted by Gasteiger charge is 2.46. The van der Waals surface area contributed by atoms with Gasteiger partial charge in [0.05, 0.1) is 0 Å². The van der Waals surface area contributed by atoms with Crippen LogP contribution in [0.3, 0.4) is 0 Å². The average Bonchev–Trinajstić information content (AvgIpc) is 3.10. The Bertz CT molecular complexity index is 1230. The molecule has 0 N–H and O–H groups in total. The van der Waals surface area contributed by atoms with Gasteiger partial charge in [-0.3, -0.25) is 4.79 Å². The van der Waals surface area contributed by atoms with Crippen LogP contribution in [0.2, 0.25) is 5.02 Å². The predicted octanol–water partition coefficient (Wildman–Crippen LogP) is 7.82. The maximum Gasteiger partial charge on any atom is 0.431 e. The maximum atomic E-state index is 14.4. The molecule has 39 heavy (non-hydrogen) atoms. The van der Waals surface area contributed by atoms with Crippen molar-refractivity contribution in [3.63, 3.8) is 0 Å². The summed E-state index contributed by atoms with van der Waals surface area (Å²) >= 11 is 6.06. The van der Waals surface area contributed by atoms with Crippen LogP contribution in [0.1, 0.15) is 82.7 Å². The Labute approximate surface area is 234 Å². The van der Waals surface area contributed by atoms with Crippen molar-refractivity contribution in [2.45, 2.75) is 85.7 Å². The standard InChI is InChI=1S/C29H39ClF3N3O3/c1-17(2)36-23(22(18(3)24(36)29(31,32)33)19-10-12-20(30)13-11-19)25(37)34(9)21-14-15-35(16-28(21,7)8)26(38)39-27(4,5)6/h10-13,17,21H,14-16H2,1-9H3. The minimum Gasteiger partial charge on any atom is -0.444 e. The second-order valence-corrected chi connectivity index (χ2v) is 12.7. The fourth-order valence-corrected chi connectivity index (χ4v) is 5.73. The summed E-state index contributed by atoms with van der Waals surface area (Å²) in [6.07, 6.45) is -4.63. The molecular weight excluding hydrogens is 531 g/mol. The molecule has 2 heterocycles. The second kappa shape index (κ2) is 10.7. The molecule has 1 unspecified atom stereocenters. The van der Waals surface area contributed by atoms with Gasteiger partial charge in [-0.1, -0.05) is 37.6 Å². The fourth-order valence-electron chi connectivity index (χ4n) is 5.61. The van der Waals surface area contributed by atoms with E-state index in [2.05, 4.69) is 0 Å². The number of hydrogen-bond acceptors (Lipinski definition) is 3. The van der Waals surface area contributed by atoms with Crippen LogP contribution >= 0.6 is 11.6 Å². The smallest absolute Gasteiger partial charge is 0.431 e. The van der Waals surface area contributed by atoms with Gasteiger partial charge in [-0.2, -0.15) is 13.2 Å². The highest BCUT2D eigenvalue weighted by molar-refractivity contribution is 6.30. The van der Waals surface area contributed by atoms with E-state index in [0.29, 0.717) is 30.1 Å². The SMILES string of the molecule is Cc1c(-c2ccc(Cl)cc2)c(C(=O)N(C)C2CCN(C(=O)OC(C)(C)C)CC2(C)C)n(C(C)C)c1C(F)(F)F. The highest BCUT2D eigenvalue weighted by Crippen LogP contribution is 2.44. The lowest BCUT2D eigenvalue weighted by Gasteiger charge is -2.47. The first-order chi connectivity index (χ1) is 17.8. The van der Waals surface area contributed by atoms with E-state index in [1.165, 1.54) is 6.92 Å². The molecular formula is C29H39ClF3N3O3. The number of amides is 2. The van der Waals surface area contributed by atoms with Gasteiger partial charge < -0.3 is 19.1 Å². The van der Waals surface area contributed by atoms with Crippen molar-refractivity contribution in [1.82, 2.24) is 14.4 Å². The Hall–Kier alpha value is -2.68. The third kappa shape index (κ3) is 6.39. The summed E-state index contributed by atoms with van der Waals surface area (Å²) in [5, 5.41) is 0.444. The average molecular weight is 570 g/mol. The molecule has 216 valence electrons. The van der Waals surface area contributed by atoms with E-state index in [-0.39, 0.29) is 22.9 Å². The Morgan fingerprint density at radius 1 is 1.13 bits per heavy atom. The summed E-state index contributed by atoms with van der Waals surface area (Å²) in [4.78, 5) is 30.1. The molecule has 3 rings (SSSR count).